The maximum atomic E-state index is 13.4. The molecule has 0 bridgehead atoms. The molecular weight excluding hydrogens is 305 g/mol. The van der Waals surface area contributed by atoms with Crippen LogP contribution in [0.5, 0.6) is 0 Å². The van der Waals surface area contributed by atoms with Crippen molar-refractivity contribution in [2.75, 3.05) is 25.2 Å². The standard InChI is InChI=1S/C11H12FN3O3S2/c1-15(20(2,17)18)6-9(16)13-11-14-10-7(12)4-3-5-8(10)19-11/h3-5H,6H2,1-2H3,(H,13,14,16). The van der Waals surface area contributed by atoms with Gasteiger partial charge in [0.1, 0.15) is 11.3 Å². The number of hydrogen-bond donors (Lipinski definition) is 1. The predicted octanol–water partition coefficient (Wildman–Crippen LogP) is 1.27. The van der Waals surface area contributed by atoms with Crippen LogP contribution in [0.3, 0.4) is 0 Å². The zero-order valence-electron chi connectivity index (χ0n) is 10.8. The van der Waals surface area contributed by atoms with Gasteiger partial charge in [-0.3, -0.25) is 4.79 Å². The summed E-state index contributed by atoms with van der Waals surface area (Å²) >= 11 is 1.12. The summed E-state index contributed by atoms with van der Waals surface area (Å²) in [5.41, 5.74) is 0.185. The smallest absolute Gasteiger partial charge is 0.241 e. The number of nitrogens with one attached hydrogen (secondary N) is 1. The monoisotopic (exact) mass is 317 g/mol. The number of para-hydroxylation sites is 1. The van der Waals surface area contributed by atoms with Crippen molar-refractivity contribution < 1.29 is 17.6 Å². The summed E-state index contributed by atoms with van der Waals surface area (Å²) in [5.74, 6) is -0.995. The van der Waals surface area contributed by atoms with Crippen molar-refractivity contribution in [1.82, 2.24) is 9.29 Å². The molecule has 0 unspecified atom stereocenters. The van der Waals surface area contributed by atoms with E-state index in [1.165, 1.54) is 13.1 Å². The van der Waals surface area contributed by atoms with Crippen LogP contribution in [0.25, 0.3) is 10.2 Å². The minimum Gasteiger partial charge on any atom is -0.301 e. The normalized spacial score (nSPS) is 12.0. The topological polar surface area (TPSA) is 79.4 Å². The molecule has 6 nitrogen and oxygen atoms in total. The Kier molecular flexibility index (Phi) is 4.02. The molecule has 20 heavy (non-hydrogen) atoms. The number of benzene rings is 1. The molecule has 1 aromatic heterocycles. The number of carbonyl (C=O) groups is 1. The Morgan fingerprint density at radius 2 is 2.20 bits per heavy atom. The molecule has 1 aromatic carbocycles. The van der Waals surface area contributed by atoms with Crippen LogP contribution in [0.2, 0.25) is 0 Å². The minimum absolute atomic E-state index is 0.185. The number of hydrogen-bond acceptors (Lipinski definition) is 5. The first-order valence-corrected chi connectivity index (χ1v) is 8.20. The highest BCUT2D eigenvalue weighted by Gasteiger charge is 2.16. The highest BCUT2D eigenvalue weighted by atomic mass is 32.2. The van der Waals surface area contributed by atoms with Crippen molar-refractivity contribution >= 4 is 42.6 Å². The van der Waals surface area contributed by atoms with E-state index in [9.17, 15) is 17.6 Å². The summed E-state index contributed by atoms with van der Waals surface area (Å²) in [6, 6.07) is 4.53. The van der Waals surface area contributed by atoms with Crippen LogP contribution >= 0.6 is 11.3 Å². The summed E-state index contributed by atoms with van der Waals surface area (Å²) in [7, 11) is -2.13. The molecule has 9 heteroatoms. The van der Waals surface area contributed by atoms with Gasteiger partial charge in [-0.2, -0.15) is 4.31 Å². The van der Waals surface area contributed by atoms with Crippen LogP contribution in [0.1, 0.15) is 0 Å². The van der Waals surface area contributed by atoms with E-state index in [0.717, 1.165) is 21.9 Å². The second-order valence-corrected chi connectivity index (χ2v) is 7.29. The molecule has 1 amide bonds. The molecule has 1 N–H and O–H groups in total. The van der Waals surface area contributed by atoms with Crippen molar-refractivity contribution in [1.29, 1.82) is 0 Å². The van der Waals surface area contributed by atoms with Crippen molar-refractivity contribution in [3.8, 4) is 0 Å². The first-order valence-electron chi connectivity index (χ1n) is 5.53. The van der Waals surface area contributed by atoms with Gasteiger partial charge in [-0.1, -0.05) is 17.4 Å². The molecule has 1 heterocycles. The second kappa shape index (κ2) is 5.43. The van der Waals surface area contributed by atoms with E-state index in [0.29, 0.717) is 4.70 Å². The Morgan fingerprint density at radius 3 is 2.80 bits per heavy atom. The highest BCUT2D eigenvalue weighted by molar-refractivity contribution is 7.88. The lowest BCUT2D eigenvalue weighted by Crippen LogP contribution is -2.34. The molecule has 108 valence electrons. The summed E-state index contributed by atoms with van der Waals surface area (Å²) in [6.45, 7) is -0.322. The maximum Gasteiger partial charge on any atom is 0.241 e. The number of anilines is 1. The summed E-state index contributed by atoms with van der Waals surface area (Å²) < 4.78 is 37.3. The van der Waals surface area contributed by atoms with Gasteiger partial charge in [0, 0.05) is 7.05 Å². The third kappa shape index (κ3) is 3.30. The fourth-order valence-electron chi connectivity index (χ4n) is 1.45. The summed E-state index contributed by atoms with van der Waals surface area (Å²) in [4.78, 5) is 15.7. The number of carbonyl (C=O) groups excluding carboxylic acids is 1. The van der Waals surface area contributed by atoms with E-state index in [1.54, 1.807) is 12.1 Å². The van der Waals surface area contributed by atoms with Gasteiger partial charge in [-0.15, -0.1) is 0 Å². The molecular formula is C11H12FN3O3S2. The highest BCUT2D eigenvalue weighted by Crippen LogP contribution is 2.27. The zero-order valence-corrected chi connectivity index (χ0v) is 12.4. The average molecular weight is 317 g/mol. The average Bonchev–Trinajstić information content (AvgIpc) is 2.71. The summed E-state index contributed by atoms with van der Waals surface area (Å²) in [6.07, 6.45) is 1.01. The second-order valence-electron chi connectivity index (χ2n) is 4.17. The minimum atomic E-state index is -3.43. The van der Waals surface area contributed by atoms with Crippen LogP contribution in [-0.2, 0) is 14.8 Å². The number of thiazole rings is 1. The summed E-state index contributed by atoms with van der Waals surface area (Å²) in [5, 5.41) is 2.69. The number of likely N-dealkylation sites (N-methyl/N-ethyl adjacent to an activating group) is 1. The van der Waals surface area contributed by atoms with E-state index in [2.05, 4.69) is 10.3 Å². The van der Waals surface area contributed by atoms with E-state index in [-0.39, 0.29) is 17.2 Å². The fraction of sp³-hybridized carbons (Fsp3) is 0.273. The van der Waals surface area contributed by atoms with Gasteiger partial charge in [0.15, 0.2) is 5.13 Å². The van der Waals surface area contributed by atoms with Crippen molar-refractivity contribution in [3.63, 3.8) is 0 Å². The predicted molar refractivity (Wildman–Crippen MR) is 75.7 cm³/mol. The number of fused-ring (bicyclic) bond motifs is 1. The number of sulfonamides is 1. The SMILES string of the molecule is CN(CC(=O)Nc1nc2c(F)cccc2s1)S(C)(=O)=O. The lowest BCUT2D eigenvalue weighted by Gasteiger charge is -2.12. The Morgan fingerprint density at radius 1 is 1.50 bits per heavy atom. The molecule has 0 spiro atoms. The number of amides is 1. The van der Waals surface area contributed by atoms with Gasteiger partial charge in [0.05, 0.1) is 17.5 Å². The largest absolute Gasteiger partial charge is 0.301 e. The van der Waals surface area contributed by atoms with Crippen LogP contribution < -0.4 is 5.32 Å². The van der Waals surface area contributed by atoms with Crippen LogP contribution in [0.4, 0.5) is 9.52 Å². The third-order valence-electron chi connectivity index (χ3n) is 2.55. The first kappa shape index (κ1) is 14.8. The Balaban J connectivity index is 2.12. The molecule has 0 radical (unpaired) electrons. The van der Waals surface area contributed by atoms with Gasteiger partial charge < -0.3 is 5.32 Å². The van der Waals surface area contributed by atoms with Gasteiger partial charge in [0.25, 0.3) is 0 Å². The van der Waals surface area contributed by atoms with E-state index in [4.69, 9.17) is 0 Å². The van der Waals surface area contributed by atoms with Crippen LogP contribution in [-0.4, -0.2) is 43.5 Å². The number of rotatable bonds is 4. The first-order chi connectivity index (χ1) is 9.27. The third-order valence-corrected chi connectivity index (χ3v) is 4.75. The van der Waals surface area contributed by atoms with Crippen molar-refractivity contribution in [2.24, 2.45) is 0 Å². The quantitative estimate of drug-likeness (QED) is 0.921. The molecule has 0 saturated heterocycles. The molecule has 0 aliphatic heterocycles. The molecule has 0 aliphatic rings. The Bertz CT molecular complexity index is 757. The molecule has 0 saturated carbocycles. The van der Waals surface area contributed by atoms with E-state index in [1.807, 2.05) is 0 Å². The van der Waals surface area contributed by atoms with Crippen LogP contribution in [0, 0.1) is 5.82 Å². The Hall–Kier alpha value is -1.58. The van der Waals surface area contributed by atoms with Gasteiger partial charge in [0.2, 0.25) is 15.9 Å². The number of nitrogens with zero attached hydrogens (tertiary/aromatic N) is 2. The van der Waals surface area contributed by atoms with E-state index >= 15 is 0 Å². The van der Waals surface area contributed by atoms with Gasteiger partial charge in [-0.25, -0.2) is 17.8 Å². The zero-order chi connectivity index (χ0) is 14.9. The van der Waals surface area contributed by atoms with Crippen molar-refractivity contribution in [3.05, 3.63) is 24.0 Å². The fourth-order valence-corrected chi connectivity index (χ4v) is 2.69. The molecule has 2 aromatic rings. The van der Waals surface area contributed by atoms with Crippen molar-refractivity contribution in [2.45, 2.75) is 0 Å². The molecule has 0 atom stereocenters. The van der Waals surface area contributed by atoms with Crippen LogP contribution in [0.15, 0.2) is 18.2 Å². The lowest BCUT2D eigenvalue weighted by atomic mass is 10.3. The molecule has 2 rings (SSSR count). The number of halogens is 1. The number of aromatic nitrogens is 1. The van der Waals surface area contributed by atoms with Gasteiger partial charge in [-0.05, 0) is 12.1 Å². The lowest BCUT2D eigenvalue weighted by molar-refractivity contribution is -0.116. The maximum absolute atomic E-state index is 13.4. The molecule has 0 aliphatic carbocycles. The van der Waals surface area contributed by atoms with Gasteiger partial charge >= 0.3 is 0 Å². The van der Waals surface area contributed by atoms with E-state index < -0.39 is 21.7 Å². The molecule has 0 fully saturated rings. The Labute approximate surface area is 119 Å².